The van der Waals surface area contributed by atoms with Crippen LogP contribution in [0.25, 0.3) is 11.1 Å². The van der Waals surface area contributed by atoms with Crippen molar-refractivity contribution in [1.82, 2.24) is 10.6 Å². The minimum absolute atomic E-state index is 0.144. The average molecular weight is 463 g/mol. The maximum Gasteiger partial charge on any atom is 0.328 e. The first-order chi connectivity index (χ1) is 16.4. The van der Waals surface area contributed by atoms with Gasteiger partial charge in [0.25, 0.3) is 0 Å². The Kier molecular flexibility index (Phi) is 8.51. The first-order valence-electron chi connectivity index (χ1n) is 10.9. The Morgan fingerprint density at radius 2 is 1.29 bits per heavy atom. The van der Waals surface area contributed by atoms with Gasteiger partial charge in [-0.05, 0) is 34.4 Å². The van der Waals surface area contributed by atoms with Crippen LogP contribution in [0.4, 0.5) is 4.39 Å². The number of esters is 1. The summed E-state index contributed by atoms with van der Waals surface area (Å²) in [5, 5.41) is 5.30. The number of halogens is 1. The topological polar surface area (TPSA) is 84.5 Å². The number of ether oxygens (including phenoxy) is 1. The molecule has 3 rings (SSSR count). The Hall–Kier alpha value is -4.00. The highest BCUT2D eigenvalue weighted by Crippen LogP contribution is 2.20. The second-order valence-electron chi connectivity index (χ2n) is 7.94. The molecule has 0 spiro atoms. The van der Waals surface area contributed by atoms with Crippen molar-refractivity contribution in [2.24, 2.45) is 0 Å². The van der Waals surface area contributed by atoms with Gasteiger partial charge in [-0.3, -0.25) is 9.59 Å². The van der Waals surface area contributed by atoms with Crippen LogP contribution in [-0.2, 0) is 32.0 Å². The van der Waals surface area contributed by atoms with Crippen LogP contribution in [0.3, 0.4) is 0 Å². The predicted molar refractivity (Wildman–Crippen MR) is 127 cm³/mol. The van der Waals surface area contributed by atoms with Crippen LogP contribution < -0.4 is 10.6 Å². The number of carbonyl (C=O) groups excluding carboxylic acids is 3. The van der Waals surface area contributed by atoms with Crippen LogP contribution >= 0.6 is 0 Å². The van der Waals surface area contributed by atoms with E-state index in [-0.39, 0.29) is 12.8 Å². The van der Waals surface area contributed by atoms with Crippen LogP contribution in [0.15, 0.2) is 78.9 Å². The average Bonchev–Trinajstić information content (AvgIpc) is 2.84. The summed E-state index contributed by atoms with van der Waals surface area (Å²) in [7, 11) is 1.25. The molecule has 34 heavy (non-hydrogen) atoms. The van der Waals surface area contributed by atoms with Gasteiger partial charge in [0.1, 0.15) is 17.9 Å². The molecule has 0 aliphatic carbocycles. The Morgan fingerprint density at radius 3 is 1.85 bits per heavy atom. The van der Waals surface area contributed by atoms with Crippen molar-refractivity contribution in [2.45, 2.75) is 31.8 Å². The zero-order chi connectivity index (χ0) is 24.5. The number of hydrogen-bond acceptors (Lipinski definition) is 4. The monoisotopic (exact) mass is 462 g/mol. The van der Waals surface area contributed by atoms with Crippen molar-refractivity contribution in [3.63, 3.8) is 0 Å². The van der Waals surface area contributed by atoms with Gasteiger partial charge in [-0.25, -0.2) is 9.18 Å². The van der Waals surface area contributed by atoms with E-state index < -0.39 is 35.7 Å². The minimum atomic E-state index is -0.940. The molecular formula is C27H27FN2O4. The van der Waals surface area contributed by atoms with Crippen LogP contribution in [0.1, 0.15) is 18.1 Å². The van der Waals surface area contributed by atoms with Crippen LogP contribution in [-0.4, -0.2) is 37.0 Å². The number of benzene rings is 3. The number of hydrogen-bond donors (Lipinski definition) is 2. The highest BCUT2D eigenvalue weighted by Gasteiger charge is 2.27. The van der Waals surface area contributed by atoms with Crippen LogP contribution in [0.5, 0.6) is 0 Å². The van der Waals surface area contributed by atoms with Gasteiger partial charge in [0.05, 0.1) is 7.11 Å². The molecule has 0 saturated heterocycles. The van der Waals surface area contributed by atoms with E-state index in [0.29, 0.717) is 5.56 Å². The lowest BCUT2D eigenvalue weighted by Crippen LogP contribution is -2.53. The van der Waals surface area contributed by atoms with Crippen molar-refractivity contribution >= 4 is 17.8 Å². The molecule has 7 heteroatoms. The summed E-state index contributed by atoms with van der Waals surface area (Å²) in [6.45, 7) is 1.30. The zero-order valence-electron chi connectivity index (χ0n) is 19.1. The van der Waals surface area contributed by atoms with E-state index in [0.717, 1.165) is 16.7 Å². The smallest absolute Gasteiger partial charge is 0.328 e. The fourth-order valence-electron chi connectivity index (χ4n) is 3.62. The molecule has 176 valence electrons. The Balaban J connectivity index is 1.73. The van der Waals surface area contributed by atoms with Crippen molar-refractivity contribution < 1.29 is 23.5 Å². The van der Waals surface area contributed by atoms with E-state index >= 15 is 0 Å². The Bertz CT molecular complexity index is 1120. The van der Waals surface area contributed by atoms with Gasteiger partial charge >= 0.3 is 5.97 Å². The summed E-state index contributed by atoms with van der Waals surface area (Å²) in [6.07, 6.45) is 0.363. The standard InChI is InChI=1S/C27H27FN2O4/c1-18(31)29-24(16-20-10-14-23(28)15-11-20)26(32)30-25(27(33)34-2)17-19-8-12-22(13-9-19)21-6-4-3-5-7-21/h3-15,24-25H,16-17H2,1-2H3,(H,29,31)(H,30,32)/t24-,25+/m0/s1. The number of amides is 2. The van der Waals surface area contributed by atoms with Crippen molar-refractivity contribution in [2.75, 3.05) is 7.11 Å². The molecule has 0 aliphatic heterocycles. The summed E-state index contributed by atoms with van der Waals surface area (Å²) in [4.78, 5) is 37.1. The molecule has 0 heterocycles. The fraction of sp³-hybridized carbons (Fsp3) is 0.222. The molecule has 2 atom stereocenters. The highest BCUT2D eigenvalue weighted by molar-refractivity contribution is 5.90. The van der Waals surface area contributed by atoms with E-state index in [4.69, 9.17) is 4.74 Å². The molecule has 3 aromatic rings. The largest absolute Gasteiger partial charge is 0.467 e. The van der Waals surface area contributed by atoms with Gasteiger partial charge in [0.2, 0.25) is 11.8 Å². The molecule has 0 aromatic heterocycles. The van der Waals surface area contributed by atoms with Crippen molar-refractivity contribution in [3.05, 3.63) is 95.8 Å². The summed E-state index contributed by atoms with van der Waals surface area (Å²) >= 11 is 0. The maximum atomic E-state index is 13.2. The van der Waals surface area contributed by atoms with E-state index in [9.17, 15) is 18.8 Å². The molecule has 0 fully saturated rings. The van der Waals surface area contributed by atoms with E-state index in [1.807, 2.05) is 54.6 Å². The van der Waals surface area contributed by atoms with Crippen LogP contribution in [0, 0.1) is 5.82 Å². The maximum absolute atomic E-state index is 13.2. The lowest BCUT2D eigenvalue weighted by atomic mass is 10.00. The minimum Gasteiger partial charge on any atom is -0.467 e. The van der Waals surface area contributed by atoms with Gasteiger partial charge in [-0.2, -0.15) is 0 Å². The Morgan fingerprint density at radius 1 is 0.765 bits per heavy atom. The highest BCUT2D eigenvalue weighted by atomic mass is 19.1. The second-order valence-corrected chi connectivity index (χ2v) is 7.94. The van der Waals surface area contributed by atoms with E-state index in [2.05, 4.69) is 10.6 Å². The third-order valence-electron chi connectivity index (χ3n) is 5.35. The Labute approximate surface area is 198 Å². The van der Waals surface area contributed by atoms with E-state index in [1.54, 1.807) is 12.1 Å². The summed E-state index contributed by atoms with van der Waals surface area (Å²) in [6, 6.07) is 21.4. The zero-order valence-corrected chi connectivity index (χ0v) is 19.1. The molecule has 0 bridgehead atoms. The number of carbonyl (C=O) groups is 3. The van der Waals surface area contributed by atoms with Gasteiger partial charge in [0.15, 0.2) is 0 Å². The first-order valence-corrected chi connectivity index (χ1v) is 10.9. The second kappa shape index (κ2) is 11.7. The molecule has 0 saturated carbocycles. The fourth-order valence-corrected chi connectivity index (χ4v) is 3.62. The number of nitrogens with one attached hydrogen (secondary N) is 2. The number of methoxy groups -OCH3 is 1. The molecule has 2 N–H and O–H groups in total. The van der Waals surface area contributed by atoms with Gasteiger partial charge < -0.3 is 15.4 Å². The summed E-state index contributed by atoms with van der Waals surface area (Å²) in [5.41, 5.74) is 3.62. The normalized spacial score (nSPS) is 12.3. The molecule has 0 radical (unpaired) electrons. The van der Waals surface area contributed by atoms with Gasteiger partial charge in [0, 0.05) is 19.8 Å². The van der Waals surface area contributed by atoms with Crippen LogP contribution in [0.2, 0.25) is 0 Å². The first kappa shape index (κ1) is 24.6. The molecule has 3 aromatic carbocycles. The predicted octanol–water partition coefficient (Wildman–Crippen LogP) is 3.44. The summed E-state index contributed by atoms with van der Waals surface area (Å²) < 4.78 is 18.1. The molecule has 0 aliphatic rings. The molecule has 6 nitrogen and oxygen atoms in total. The molecule has 0 unspecified atom stereocenters. The van der Waals surface area contributed by atoms with Gasteiger partial charge in [-0.15, -0.1) is 0 Å². The third-order valence-corrected chi connectivity index (χ3v) is 5.35. The summed E-state index contributed by atoms with van der Waals surface area (Å²) in [5.74, 6) is -1.92. The molecule has 2 amide bonds. The lowest BCUT2D eigenvalue weighted by Gasteiger charge is -2.22. The van der Waals surface area contributed by atoms with E-state index in [1.165, 1.54) is 26.2 Å². The van der Waals surface area contributed by atoms with Gasteiger partial charge in [-0.1, -0.05) is 66.7 Å². The quantitative estimate of drug-likeness (QED) is 0.477. The van der Waals surface area contributed by atoms with Crippen molar-refractivity contribution in [1.29, 1.82) is 0 Å². The molecular weight excluding hydrogens is 435 g/mol. The van der Waals surface area contributed by atoms with Crippen molar-refractivity contribution in [3.8, 4) is 11.1 Å². The number of rotatable bonds is 9. The third kappa shape index (κ3) is 7.00. The lowest BCUT2D eigenvalue weighted by molar-refractivity contribution is -0.145. The SMILES string of the molecule is COC(=O)[C@@H](Cc1ccc(-c2ccccc2)cc1)NC(=O)[C@H](Cc1ccc(F)cc1)NC(C)=O.